The minimum atomic E-state index is -1.46. The van der Waals surface area contributed by atoms with Crippen LogP contribution < -0.4 is 0 Å². The molecule has 11 atom stereocenters. The molecule has 0 aromatic rings. The van der Waals surface area contributed by atoms with Gasteiger partial charge in [-0.15, -0.1) is 0 Å². The lowest BCUT2D eigenvalue weighted by Gasteiger charge is -2.49. The molecule has 0 amide bonds. The monoisotopic (exact) mass is 598 g/mol. The van der Waals surface area contributed by atoms with Gasteiger partial charge in [-0.3, -0.25) is 0 Å². The topological polar surface area (TPSA) is 0 Å². The predicted molar refractivity (Wildman–Crippen MR) is 185 cm³/mol. The third kappa shape index (κ3) is 5.74. The van der Waals surface area contributed by atoms with Crippen LogP contribution in [0.4, 0.5) is 0 Å². The van der Waals surface area contributed by atoms with E-state index in [-0.39, 0.29) is 0 Å². The summed E-state index contributed by atoms with van der Waals surface area (Å²) in [5, 5.41) is 1.93. The standard InChI is InChI=1S/C39H70SSi/c1-24(2)32-23-33-30(27-18-20-29(21-19-27)39(5,6)7)16-13-17-31(33)38(32)41(8,9)37-25(3)22-34-35(26(4)40-36(34)37)28-14-11-10-12-15-28/h24-38H,10-23H2,1-9H3. The van der Waals surface area contributed by atoms with Crippen molar-refractivity contribution in [1.82, 2.24) is 0 Å². The molecule has 6 aliphatic rings. The number of rotatable bonds is 5. The minimum Gasteiger partial charge on any atom is -0.155 e. The average Bonchev–Trinajstić information content (AvgIpc) is 3.57. The number of fused-ring (bicyclic) bond motifs is 2. The first-order valence-electron chi connectivity index (χ1n) is 19.0. The zero-order valence-corrected chi connectivity index (χ0v) is 30.8. The van der Waals surface area contributed by atoms with E-state index in [1.54, 1.807) is 57.8 Å². The van der Waals surface area contributed by atoms with Gasteiger partial charge in [-0.1, -0.05) is 107 Å². The molecule has 0 aromatic carbocycles. The van der Waals surface area contributed by atoms with Crippen molar-refractivity contribution in [3.63, 3.8) is 0 Å². The van der Waals surface area contributed by atoms with Crippen LogP contribution in [0.1, 0.15) is 138 Å². The van der Waals surface area contributed by atoms with Crippen molar-refractivity contribution in [2.24, 2.45) is 70.5 Å². The quantitative estimate of drug-likeness (QED) is 0.284. The molecule has 0 radical (unpaired) electrons. The Hall–Kier alpha value is 0.567. The molecule has 0 N–H and O–H groups in total. The van der Waals surface area contributed by atoms with Gasteiger partial charge in [0.1, 0.15) is 0 Å². The van der Waals surface area contributed by atoms with Crippen molar-refractivity contribution in [3.05, 3.63) is 0 Å². The molecular weight excluding hydrogens is 529 g/mol. The maximum atomic E-state index is 2.97. The smallest absolute Gasteiger partial charge is 0.0555 e. The second kappa shape index (κ2) is 12.1. The van der Waals surface area contributed by atoms with Gasteiger partial charge in [0, 0.05) is 10.5 Å². The first-order chi connectivity index (χ1) is 19.4. The Morgan fingerprint density at radius 1 is 0.659 bits per heavy atom. The molecule has 1 saturated heterocycles. The van der Waals surface area contributed by atoms with Crippen LogP contribution in [0.5, 0.6) is 0 Å². The summed E-state index contributed by atoms with van der Waals surface area (Å²) in [6.45, 7) is 24.1. The Bertz CT molecular complexity index is 872. The fraction of sp³-hybridized carbons (Fsp3) is 1.00. The largest absolute Gasteiger partial charge is 0.155 e. The highest BCUT2D eigenvalue weighted by Gasteiger charge is 2.63. The van der Waals surface area contributed by atoms with Crippen LogP contribution in [-0.4, -0.2) is 18.6 Å². The van der Waals surface area contributed by atoms with E-state index in [1.165, 1.54) is 32.1 Å². The summed E-state index contributed by atoms with van der Waals surface area (Å²) in [5.41, 5.74) is 2.68. The summed E-state index contributed by atoms with van der Waals surface area (Å²) < 4.78 is 0. The summed E-state index contributed by atoms with van der Waals surface area (Å²) in [4.78, 5) is 0. The van der Waals surface area contributed by atoms with Crippen molar-refractivity contribution < 1.29 is 0 Å². The molecule has 1 aliphatic heterocycles. The molecule has 6 rings (SSSR count). The third-order valence-corrected chi connectivity index (χ3v) is 22.6. The summed E-state index contributed by atoms with van der Waals surface area (Å²) in [6.07, 6.45) is 21.7. The number of thioether (sulfide) groups is 1. The Kier molecular flexibility index (Phi) is 9.28. The Morgan fingerprint density at radius 3 is 1.95 bits per heavy atom. The molecule has 1 heterocycles. The Balaban J connectivity index is 1.22. The second-order valence-electron chi connectivity index (χ2n) is 19.1. The second-order valence-corrected chi connectivity index (χ2v) is 25.6. The van der Waals surface area contributed by atoms with Crippen molar-refractivity contribution in [2.45, 2.75) is 173 Å². The van der Waals surface area contributed by atoms with Crippen molar-refractivity contribution in [2.75, 3.05) is 0 Å². The van der Waals surface area contributed by atoms with Crippen LogP contribution in [0.2, 0.25) is 24.2 Å². The van der Waals surface area contributed by atoms with E-state index in [0.29, 0.717) is 5.41 Å². The lowest BCUT2D eigenvalue weighted by Crippen LogP contribution is -2.48. The summed E-state index contributed by atoms with van der Waals surface area (Å²) in [5.74, 6) is 11.3. The SMILES string of the molecule is CC(C)C1CC2C(C3CCC(C(C)(C)C)CC3)CCCC2C1[Si](C)(C)C1C(C)CC2C1SC(C)C2C1CCCCC1. The molecule has 11 unspecified atom stereocenters. The zero-order valence-electron chi connectivity index (χ0n) is 29.0. The van der Waals surface area contributed by atoms with Crippen LogP contribution in [0.25, 0.3) is 0 Å². The van der Waals surface area contributed by atoms with Crippen LogP contribution in [0.3, 0.4) is 0 Å². The normalized spacial score (nSPS) is 48.0. The molecule has 0 spiro atoms. The van der Waals surface area contributed by atoms with E-state index in [0.717, 1.165) is 86.7 Å². The van der Waals surface area contributed by atoms with Gasteiger partial charge < -0.3 is 0 Å². The lowest BCUT2D eigenvalue weighted by atomic mass is 9.61. The van der Waals surface area contributed by atoms with E-state index in [2.05, 4.69) is 73.3 Å². The van der Waals surface area contributed by atoms with Gasteiger partial charge in [-0.05, 0) is 127 Å². The van der Waals surface area contributed by atoms with E-state index >= 15 is 0 Å². The lowest BCUT2D eigenvalue weighted by molar-refractivity contribution is 0.0635. The molecule has 2 heteroatoms. The molecule has 0 aromatic heterocycles. The van der Waals surface area contributed by atoms with Gasteiger partial charge in [0.15, 0.2) is 0 Å². The van der Waals surface area contributed by atoms with E-state index < -0.39 is 8.07 Å². The van der Waals surface area contributed by atoms with E-state index in [4.69, 9.17) is 0 Å². The fourth-order valence-corrected chi connectivity index (χ4v) is 23.5. The van der Waals surface area contributed by atoms with Crippen LogP contribution in [-0.2, 0) is 0 Å². The van der Waals surface area contributed by atoms with Gasteiger partial charge in [0.25, 0.3) is 0 Å². The minimum absolute atomic E-state index is 0.512. The highest BCUT2D eigenvalue weighted by atomic mass is 32.2. The molecule has 6 fully saturated rings. The van der Waals surface area contributed by atoms with Gasteiger partial charge >= 0.3 is 0 Å². The number of hydrogen-bond donors (Lipinski definition) is 0. The molecular formula is C39H70SSi. The van der Waals surface area contributed by atoms with Gasteiger partial charge in [-0.25, -0.2) is 0 Å². The van der Waals surface area contributed by atoms with Crippen LogP contribution in [0, 0.1) is 70.5 Å². The maximum Gasteiger partial charge on any atom is 0.0555 e. The first kappa shape index (κ1) is 31.5. The number of hydrogen-bond acceptors (Lipinski definition) is 1. The van der Waals surface area contributed by atoms with Crippen molar-refractivity contribution in [1.29, 1.82) is 0 Å². The fourth-order valence-electron chi connectivity index (χ4n) is 13.9. The Labute approximate surface area is 262 Å². The van der Waals surface area contributed by atoms with Crippen LogP contribution >= 0.6 is 11.8 Å². The van der Waals surface area contributed by atoms with E-state index in [1.807, 2.05) is 0 Å². The highest BCUT2D eigenvalue weighted by Crippen LogP contribution is 2.69. The molecule has 0 bridgehead atoms. The first-order valence-corrected chi connectivity index (χ1v) is 23.1. The van der Waals surface area contributed by atoms with Gasteiger partial charge in [0.2, 0.25) is 0 Å². The van der Waals surface area contributed by atoms with Crippen molar-refractivity contribution >= 4 is 19.8 Å². The van der Waals surface area contributed by atoms with E-state index in [9.17, 15) is 0 Å². The summed E-state index contributed by atoms with van der Waals surface area (Å²) >= 11 is 2.53. The molecule has 236 valence electrons. The molecule has 0 nitrogen and oxygen atoms in total. The Morgan fingerprint density at radius 2 is 1.32 bits per heavy atom. The zero-order chi connectivity index (χ0) is 29.3. The summed E-state index contributed by atoms with van der Waals surface area (Å²) in [7, 11) is -1.46. The van der Waals surface area contributed by atoms with Crippen molar-refractivity contribution in [3.8, 4) is 0 Å². The van der Waals surface area contributed by atoms with Gasteiger partial charge in [-0.2, -0.15) is 11.8 Å². The van der Waals surface area contributed by atoms with Gasteiger partial charge in [0.05, 0.1) is 8.07 Å². The average molecular weight is 599 g/mol. The maximum absolute atomic E-state index is 2.97. The predicted octanol–water partition coefficient (Wildman–Crippen LogP) is 12.4. The highest BCUT2D eigenvalue weighted by molar-refractivity contribution is 8.00. The molecule has 5 aliphatic carbocycles. The molecule has 41 heavy (non-hydrogen) atoms. The van der Waals surface area contributed by atoms with Crippen LogP contribution in [0.15, 0.2) is 0 Å². The molecule has 5 saturated carbocycles. The third-order valence-electron chi connectivity index (χ3n) is 15.5. The summed E-state index contributed by atoms with van der Waals surface area (Å²) in [6, 6.07) is 0.